The highest BCUT2D eigenvalue weighted by Crippen LogP contribution is 2.35. The maximum absolute atomic E-state index is 11.6. The molecule has 0 aliphatic carbocycles. The average molecular weight is 352 g/mol. The van der Waals surface area contributed by atoms with Crippen LogP contribution in [0.2, 0.25) is 0 Å². The normalized spacial score (nSPS) is 10.2. The van der Waals surface area contributed by atoms with Crippen LogP contribution in [-0.2, 0) is 6.61 Å². The number of halogens is 1. The van der Waals surface area contributed by atoms with Gasteiger partial charge in [0.05, 0.1) is 10.5 Å². The number of aromatic nitrogens is 2. The summed E-state index contributed by atoms with van der Waals surface area (Å²) in [6.45, 7) is 1.25. The molecule has 0 atom stereocenters. The Balaban J connectivity index is 2.40. The number of carbonyl (C=O) groups is 1. The SMILES string of the molecule is CC(=O)c1cc(Br)cc([N+](=O)[O-])c1OCc1ncccn1. The molecule has 0 saturated carbocycles. The lowest BCUT2D eigenvalue weighted by Crippen LogP contribution is -2.07. The molecule has 1 aromatic heterocycles. The number of nitro benzene ring substituents is 1. The van der Waals surface area contributed by atoms with Crippen LogP contribution in [0.3, 0.4) is 0 Å². The van der Waals surface area contributed by atoms with Gasteiger partial charge in [0.2, 0.25) is 5.75 Å². The van der Waals surface area contributed by atoms with E-state index >= 15 is 0 Å². The van der Waals surface area contributed by atoms with E-state index in [1.54, 1.807) is 6.07 Å². The predicted molar refractivity (Wildman–Crippen MR) is 77.2 cm³/mol. The Bertz CT molecular complexity index is 656. The monoisotopic (exact) mass is 351 g/mol. The Morgan fingerprint density at radius 1 is 1.38 bits per heavy atom. The summed E-state index contributed by atoms with van der Waals surface area (Å²) in [6, 6.07) is 4.41. The van der Waals surface area contributed by atoms with E-state index in [1.807, 2.05) is 0 Å². The quantitative estimate of drug-likeness (QED) is 0.466. The van der Waals surface area contributed by atoms with Crippen LogP contribution >= 0.6 is 15.9 Å². The van der Waals surface area contributed by atoms with Crippen molar-refractivity contribution >= 4 is 27.4 Å². The van der Waals surface area contributed by atoms with Crippen molar-refractivity contribution in [2.45, 2.75) is 13.5 Å². The molecule has 0 radical (unpaired) electrons. The highest BCUT2D eigenvalue weighted by Gasteiger charge is 2.23. The zero-order valence-corrected chi connectivity index (χ0v) is 12.5. The van der Waals surface area contributed by atoms with E-state index in [9.17, 15) is 14.9 Å². The Hall–Kier alpha value is -2.35. The molecule has 0 aliphatic heterocycles. The molecule has 0 amide bonds. The minimum Gasteiger partial charge on any atom is -0.478 e. The molecule has 2 aromatic rings. The molecule has 0 unspecified atom stereocenters. The number of benzene rings is 1. The zero-order chi connectivity index (χ0) is 15.4. The van der Waals surface area contributed by atoms with Gasteiger partial charge in [-0.3, -0.25) is 14.9 Å². The molecule has 0 bridgehead atoms. The molecule has 108 valence electrons. The van der Waals surface area contributed by atoms with E-state index in [0.29, 0.717) is 10.3 Å². The van der Waals surface area contributed by atoms with E-state index in [1.165, 1.54) is 31.5 Å². The Kier molecular flexibility index (Phi) is 4.59. The van der Waals surface area contributed by atoms with E-state index in [0.717, 1.165) is 0 Å². The van der Waals surface area contributed by atoms with E-state index in [4.69, 9.17) is 4.74 Å². The summed E-state index contributed by atoms with van der Waals surface area (Å²) in [4.78, 5) is 30.1. The van der Waals surface area contributed by atoms with Gasteiger partial charge in [-0.05, 0) is 19.1 Å². The average Bonchev–Trinajstić information content (AvgIpc) is 2.46. The highest BCUT2D eigenvalue weighted by atomic mass is 79.9. The summed E-state index contributed by atoms with van der Waals surface area (Å²) in [5.41, 5.74) is -0.155. The third-order valence-electron chi connectivity index (χ3n) is 2.57. The molecule has 0 N–H and O–H groups in total. The molecule has 0 saturated heterocycles. The molecule has 0 fully saturated rings. The van der Waals surface area contributed by atoms with Crippen LogP contribution in [-0.4, -0.2) is 20.7 Å². The van der Waals surface area contributed by atoms with Gasteiger partial charge in [-0.25, -0.2) is 9.97 Å². The molecule has 0 spiro atoms. The standard InChI is InChI=1S/C13H10BrN3O4/c1-8(18)10-5-9(14)6-11(17(19)20)13(10)21-7-12-15-3-2-4-16-12/h2-6H,7H2,1H3. The minimum atomic E-state index is -0.599. The van der Waals surface area contributed by atoms with Gasteiger partial charge < -0.3 is 4.74 Å². The highest BCUT2D eigenvalue weighted by molar-refractivity contribution is 9.10. The number of nitro groups is 1. The lowest BCUT2D eigenvalue weighted by Gasteiger charge is -2.10. The number of ether oxygens (including phenoxy) is 1. The first-order chi connectivity index (χ1) is 9.99. The van der Waals surface area contributed by atoms with Crippen molar-refractivity contribution in [1.29, 1.82) is 0 Å². The molecular weight excluding hydrogens is 342 g/mol. The molecule has 2 rings (SSSR count). The predicted octanol–water partition coefficient (Wildman–Crippen LogP) is 2.93. The van der Waals surface area contributed by atoms with Crippen molar-refractivity contribution in [3.05, 3.63) is 56.6 Å². The molecular formula is C13H10BrN3O4. The van der Waals surface area contributed by atoms with Crippen LogP contribution in [0.15, 0.2) is 35.1 Å². The first kappa shape index (κ1) is 15.0. The van der Waals surface area contributed by atoms with Gasteiger partial charge in [0, 0.05) is 22.9 Å². The molecule has 1 aromatic carbocycles. The van der Waals surface area contributed by atoms with E-state index in [-0.39, 0.29) is 29.4 Å². The number of hydrogen-bond acceptors (Lipinski definition) is 6. The van der Waals surface area contributed by atoms with Crippen LogP contribution in [0, 0.1) is 10.1 Å². The van der Waals surface area contributed by atoms with Crippen molar-refractivity contribution < 1.29 is 14.5 Å². The fourth-order valence-corrected chi connectivity index (χ4v) is 2.12. The summed E-state index contributed by atoms with van der Waals surface area (Å²) in [6.07, 6.45) is 3.07. The molecule has 7 nitrogen and oxygen atoms in total. The smallest absolute Gasteiger partial charge is 0.312 e. The van der Waals surface area contributed by atoms with Gasteiger partial charge in [0.25, 0.3) is 0 Å². The third kappa shape index (κ3) is 3.60. The Morgan fingerprint density at radius 2 is 2.05 bits per heavy atom. The molecule has 21 heavy (non-hydrogen) atoms. The first-order valence-corrected chi connectivity index (χ1v) is 6.66. The topological polar surface area (TPSA) is 95.2 Å². The summed E-state index contributed by atoms with van der Waals surface area (Å²) < 4.78 is 5.86. The van der Waals surface area contributed by atoms with Crippen molar-refractivity contribution in [2.75, 3.05) is 0 Å². The second-order valence-corrected chi connectivity index (χ2v) is 4.98. The van der Waals surface area contributed by atoms with E-state index in [2.05, 4.69) is 25.9 Å². The van der Waals surface area contributed by atoms with Crippen molar-refractivity contribution in [1.82, 2.24) is 9.97 Å². The number of ketones is 1. The molecule has 0 aliphatic rings. The van der Waals surface area contributed by atoms with Crippen LogP contribution in [0.5, 0.6) is 5.75 Å². The Morgan fingerprint density at radius 3 is 2.62 bits per heavy atom. The number of rotatable bonds is 5. The maximum atomic E-state index is 11.6. The second-order valence-electron chi connectivity index (χ2n) is 4.07. The van der Waals surface area contributed by atoms with Gasteiger partial charge >= 0.3 is 5.69 Å². The van der Waals surface area contributed by atoms with Crippen molar-refractivity contribution in [3.8, 4) is 5.75 Å². The first-order valence-electron chi connectivity index (χ1n) is 5.86. The van der Waals surface area contributed by atoms with Gasteiger partial charge in [-0.15, -0.1) is 0 Å². The lowest BCUT2D eigenvalue weighted by molar-refractivity contribution is -0.386. The van der Waals surface area contributed by atoms with Crippen LogP contribution < -0.4 is 4.74 Å². The molecule has 1 heterocycles. The lowest BCUT2D eigenvalue weighted by atomic mass is 10.1. The third-order valence-corrected chi connectivity index (χ3v) is 3.03. The fourth-order valence-electron chi connectivity index (χ4n) is 1.67. The summed E-state index contributed by atoms with van der Waals surface area (Å²) in [5, 5.41) is 11.1. The second kappa shape index (κ2) is 6.40. The van der Waals surface area contributed by atoms with Gasteiger partial charge in [0.15, 0.2) is 11.6 Å². The van der Waals surface area contributed by atoms with Crippen molar-refractivity contribution in [3.63, 3.8) is 0 Å². The summed E-state index contributed by atoms with van der Waals surface area (Å²) >= 11 is 3.14. The van der Waals surface area contributed by atoms with E-state index < -0.39 is 4.92 Å². The Labute approximate surface area is 128 Å². The maximum Gasteiger partial charge on any atom is 0.312 e. The van der Waals surface area contributed by atoms with Gasteiger partial charge in [-0.1, -0.05) is 15.9 Å². The zero-order valence-electron chi connectivity index (χ0n) is 10.9. The largest absolute Gasteiger partial charge is 0.478 e. The number of hydrogen-bond donors (Lipinski definition) is 0. The summed E-state index contributed by atoms with van der Waals surface area (Å²) in [5.74, 6) is -0.0456. The summed E-state index contributed by atoms with van der Waals surface area (Å²) in [7, 11) is 0. The number of carbonyl (C=O) groups excluding carboxylic acids is 1. The number of Topliss-reactive ketones (excluding diaryl/α,β-unsaturated/α-hetero) is 1. The van der Waals surface area contributed by atoms with Gasteiger partial charge in [-0.2, -0.15) is 0 Å². The van der Waals surface area contributed by atoms with Crippen molar-refractivity contribution in [2.24, 2.45) is 0 Å². The number of nitrogens with zero attached hydrogens (tertiary/aromatic N) is 3. The van der Waals surface area contributed by atoms with Crippen LogP contribution in [0.4, 0.5) is 5.69 Å². The van der Waals surface area contributed by atoms with Crippen LogP contribution in [0.1, 0.15) is 23.1 Å². The van der Waals surface area contributed by atoms with Crippen LogP contribution in [0.25, 0.3) is 0 Å². The minimum absolute atomic E-state index is 0.0659. The molecule has 8 heteroatoms. The van der Waals surface area contributed by atoms with Gasteiger partial charge in [0.1, 0.15) is 6.61 Å². The fraction of sp³-hybridized carbons (Fsp3) is 0.154.